The maximum atomic E-state index is 11.7. The minimum absolute atomic E-state index is 0.436. The molecule has 0 spiro atoms. The highest BCUT2D eigenvalue weighted by molar-refractivity contribution is 5.98. The molecule has 1 aliphatic rings. The second-order valence-electron chi connectivity index (χ2n) is 5.97. The second kappa shape index (κ2) is 5.98. The standard InChI is InChI=1S/C17H20N4O2/c1-11-3-6-16(19-9-11)20(2)10-12-4-5-15-13(7-12)8-14(18)17(22)21(15)23/h3-7,9,14,23H,8,10,18H2,1-2H3/t14-/m0/s1. The maximum absolute atomic E-state index is 11.7. The van der Waals surface area contributed by atoms with Crippen LogP contribution in [0.5, 0.6) is 0 Å². The van der Waals surface area contributed by atoms with Crippen molar-refractivity contribution < 1.29 is 10.0 Å². The van der Waals surface area contributed by atoms with Crippen LogP contribution in [0, 0.1) is 6.92 Å². The van der Waals surface area contributed by atoms with Crippen LogP contribution >= 0.6 is 0 Å². The highest BCUT2D eigenvalue weighted by atomic mass is 16.5. The summed E-state index contributed by atoms with van der Waals surface area (Å²) in [7, 11) is 1.98. The van der Waals surface area contributed by atoms with Gasteiger partial charge in [-0.05, 0) is 42.2 Å². The van der Waals surface area contributed by atoms with Crippen LogP contribution in [0.2, 0.25) is 0 Å². The Morgan fingerprint density at radius 3 is 2.87 bits per heavy atom. The Balaban J connectivity index is 1.81. The summed E-state index contributed by atoms with van der Waals surface area (Å²) in [6, 6.07) is 8.95. The number of hydrogen-bond donors (Lipinski definition) is 2. The van der Waals surface area contributed by atoms with E-state index in [0.717, 1.165) is 22.5 Å². The van der Waals surface area contributed by atoms with Gasteiger partial charge >= 0.3 is 0 Å². The molecule has 6 heteroatoms. The fourth-order valence-corrected chi connectivity index (χ4v) is 2.75. The SMILES string of the molecule is Cc1ccc(N(C)Cc2ccc3c(c2)C[C@H](N)C(=O)N3O)nc1. The van der Waals surface area contributed by atoms with Gasteiger partial charge in [0.1, 0.15) is 5.82 Å². The van der Waals surface area contributed by atoms with Crippen molar-refractivity contribution in [1.82, 2.24) is 4.98 Å². The summed E-state index contributed by atoms with van der Waals surface area (Å²) in [5, 5.41) is 10.5. The number of nitrogens with zero attached hydrogens (tertiary/aromatic N) is 3. The van der Waals surface area contributed by atoms with Gasteiger partial charge < -0.3 is 10.6 Å². The number of fused-ring (bicyclic) bond motifs is 1. The third kappa shape index (κ3) is 3.04. The molecule has 23 heavy (non-hydrogen) atoms. The first-order valence-electron chi connectivity index (χ1n) is 7.49. The molecule has 6 nitrogen and oxygen atoms in total. The van der Waals surface area contributed by atoms with Crippen molar-refractivity contribution in [2.45, 2.75) is 25.9 Å². The number of hydrogen-bond acceptors (Lipinski definition) is 5. The molecule has 0 saturated carbocycles. The summed E-state index contributed by atoms with van der Waals surface area (Å²) >= 11 is 0. The number of aromatic nitrogens is 1. The average Bonchev–Trinajstić information content (AvgIpc) is 2.53. The van der Waals surface area contributed by atoms with Gasteiger partial charge in [0, 0.05) is 19.8 Å². The van der Waals surface area contributed by atoms with E-state index in [0.29, 0.717) is 23.7 Å². The molecule has 2 heterocycles. The predicted molar refractivity (Wildman–Crippen MR) is 88.5 cm³/mol. The van der Waals surface area contributed by atoms with Crippen LogP contribution < -0.4 is 15.7 Å². The molecule has 1 amide bonds. The van der Waals surface area contributed by atoms with Crippen LogP contribution in [0.4, 0.5) is 11.5 Å². The van der Waals surface area contributed by atoms with Crippen molar-refractivity contribution in [3.63, 3.8) is 0 Å². The number of nitrogens with two attached hydrogens (primary N) is 1. The number of benzene rings is 1. The van der Waals surface area contributed by atoms with E-state index in [9.17, 15) is 10.0 Å². The van der Waals surface area contributed by atoms with E-state index in [-0.39, 0.29) is 0 Å². The molecule has 120 valence electrons. The molecule has 0 unspecified atom stereocenters. The van der Waals surface area contributed by atoms with Gasteiger partial charge in [-0.2, -0.15) is 5.06 Å². The van der Waals surface area contributed by atoms with Gasteiger partial charge in [0.05, 0.1) is 11.7 Å². The number of anilines is 2. The zero-order chi connectivity index (χ0) is 16.6. The Hall–Kier alpha value is -2.44. The second-order valence-corrected chi connectivity index (χ2v) is 5.97. The molecule has 0 bridgehead atoms. The van der Waals surface area contributed by atoms with Crippen LogP contribution in [0.1, 0.15) is 16.7 Å². The van der Waals surface area contributed by atoms with E-state index in [2.05, 4.69) is 4.98 Å². The predicted octanol–water partition coefficient (Wildman–Crippen LogP) is 1.63. The van der Waals surface area contributed by atoms with Gasteiger partial charge in [0.15, 0.2) is 0 Å². The quantitative estimate of drug-likeness (QED) is 0.842. The van der Waals surface area contributed by atoms with Crippen LogP contribution in [-0.4, -0.2) is 29.2 Å². The highest BCUT2D eigenvalue weighted by Gasteiger charge is 2.29. The molecule has 3 N–H and O–H groups in total. The Labute approximate surface area is 135 Å². The molecule has 3 rings (SSSR count). The highest BCUT2D eigenvalue weighted by Crippen LogP contribution is 2.27. The minimum atomic E-state index is -0.695. The zero-order valence-corrected chi connectivity index (χ0v) is 13.2. The molecule has 0 aliphatic carbocycles. The van der Waals surface area contributed by atoms with E-state index < -0.39 is 11.9 Å². The molecule has 0 fully saturated rings. The molecule has 1 aliphatic heterocycles. The number of amides is 1. The van der Waals surface area contributed by atoms with Crippen molar-refractivity contribution in [2.24, 2.45) is 5.73 Å². The van der Waals surface area contributed by atoms with Gasteiger partial charge in [-0.25, -0.2) is 4.98 Å². The number of hydroxylamine groups is 1. The summed E-state index contributed by atoms with van der Waals surface area (Å²) in [6.07, 6.45) is 2.28. The minimum Gasteiger partial charge on any atom is -0.355 e. The fraction of sp³-hybridized carbons (Fsp3) is 0.294. The van der Waals surface area contributed by atoms with Gasteiger partial charge in [0.2, 0.25) is 0 Å². The van der Waals surface area contributed by atoms with E-state index in [1.165, 1.54) is 0 Å². The van der Waals surface area contributed by atoms with E-state index in [1.807, 2.05) is 49.3 Å². The van der Waals surface area contributed by atoms with Crippen LogP contribution in [0.25, 0.3) is 0 Å². The van der Waals surface area contributed by atoms with Gasteiger partial charge in [-0.15, -0.1) is 0 Å². The van der Waals surface area contributed by atoms with E-state index in [4.69, 9.17) is 5.73 Å². The van der Waals surface area contributed by atoms with Crippen LogP contribution in [-0.2, 0) is 17.8 Å². The molecule has 2 aromatic rings. The maximum Gasteiger partial charge on any atom is 0.267 e. The van der Waals surface area contributed by atoms with Crippen molar-refractivity contribution >= 4 is 17.4 Å². The number of carbonyl (C=O) groups excluding carboxylic acids is 1. The van der Waals surface area contributed by atoms with Crippen LogP contribution in [0.15, 0.2) is 36.5 Å². The largest absolute Gasteiger partial charge is 0.355 e. The first-order valence-corrected chi connectivity index (χ1v) is 7.49. The van der Waals surface area contributed by atoms with Gasteiger partial charge in [-0.1, -0.05) is 18.2 Å². The monoisotopic (exact) mass is 312 g/mol. The first-order chi connectivity index (χ1) is 11.0. The lowest BCUT2D eigenvalue weighted by Gasteiger charge is -2.28. The summed E-state index contributed by atoms with van der Waals surface area (Å²) in [6.45, 7) is 2.68. The summed E-state index contributed by atoms with van der Waals surface area (Å²) in [5.74, 6) is 0.426. The molecular formula is C17H20N4O2. The van der Waals surface area contributed by atoms with Crippen LogP contribution in [0.3, 0.4) is 0 Å². The Morgan fingerprint density at radius 2 is 2.17 bits per heavy atom. The summed E-state index contributed by atoms with van der Waals surface area (Å²) < 4.78 is 0. The smallest absolute Gasteiger partial charge is 0.267 e. The Kier molecular flexibility index (Phi) is 4.02. The lowest BCUT2D eigenvalue weighted by molar-refractivity contribution is -0.125. The Bertz CT molecular complexity index is 730. The molecule has 0 radical (unpaired) electrons. The van der Waals surface area contributed by atoms with Crippen molar-refractivity contribution in [3.8, 4) is 0 Å². The van der Waals surface area contributed by atoms with Gasteiger partial charge in [0.25, 0.3) is 5.91 Å². The van der Waals surface area contributed by atoms with Gasteiger partial charge in [-0.3, -0.25) is 10.0 Å². The molecule has 0 saturated heterocycles. The van der Waals surface area contributed by atoms with E-state index >= 15 is 0 Å². The summed E-state index contributed by atoms with van der Waals surface area (Å²) in [5.41, 5.74) is 9.35. The molecular weight excluding hydrogens is 292 g/mol. The normalized spacial score (nSPS) is 17.1. The lowest BCUT2D eigenvalue weighted by Crippen LogP contribution is -2.47. The first kappa shape index (κ1) is 15.5. The molecule has 1 atom stereocenters. The van der Waals surface area contributed by atoms with E-state index in [1.54, 1.807) is 6.07 Å². The number of rotatable bonds is 3. The summed E-state index contributed by atoms with van der Waals surface area (Å²) in [4.78, 5) is 18.2. The van der Waals surface area contributed by atoms with Crippen molar-refractivity contribution in [2.75, 3.05) is 17.0 Å². The lowest BCUT2D eigenvalue weighted by atomic mass is 9.97. The van der Waals surface area contributed by atoms with Crippen molar-refractivity contribution in [3.05, 3.63) is 53.2 Å². The zero-order valence-electron chi connectivity index (χ0n) is 13.2. The topological polar surface area (TPSA) is 82.7 Å². The fourth-order valence-electron chi connectivity index (χ4n) is 2.75. The number of pyridine rings is 1. The Morgan fingerprint density at radius 1 is 1.39 bits per heavy atom. The average molecular weight is 312 g/mol. The molecule has 1 aromatic heterocycles. The third-order valence-corrected chi connectivity index (χ3v) is 4.04. The molecule has 1 aromatic carbocycles. The number of aryl methyl sites for hydroxylation is 1. The number of carbonyl (C=O) groups is 1. The van der Waals surface area contributed by atoms with Crippen molar-refractivity contribution in [1.29, 1.82) is 0 Å². The third-order valence-electron chi connectivity index (χ3n) is 4.04.